The molecule has 0 bridgehead atoms. The number of methoxy groups -OCH3 is 1. The van der Waals surface area contributed by atoms with Crippen LogP contribution in [0.15, 0.2) is 53.7 Å². The maximum atomic E-state index is 12.5. The van der Waals surface area contributed by atoms with E-state index in [1.807, 2.05) is 16.8 Å². The average molecular weight is 413 g/mol. The van der Waals surface area contributed by atoms with E-state index < -0.39 is 10.0 Å². The molecule has 0 saturated heterocycles. The van der Waals surface area contributed by atoms with Gasteiger partial charge >= 0.3 is 0 Å². The number of benzene rings is 1. The fourth-order valence-electron chi connectivity index (χ4n) is 3.72. The molecule has 0 amide bonds. The zero-order valence-corrected chi connectivity index (χ0v) is 17.2. The van der Waals surface area contributed by atoms with Crippen molar-refractivity contribution in [3.8, 4) is 17.0 Å². The fraction of sp³-hybridized carbons (Fsp3) is 0.333. The largest absolute Gasteiger partial charge is 0.497 e. The molecular formula is C21H24N4O3S. The molecule has 1 aliphatic carbocycles. The van der Waals surface area contributed by atoms with Gasteiger partial charge in [0.25, 0.3) is 0 Å². The molecule has 8 heteroatoms. The Hall–Kier alpha value is -2.71. The van der Waals surface area contributed by atoms with Crippen molar-refractivity contribution in [1.29, 1.82) is 0 Å². The molecule has 2 aromatic heterocycles. The molecule has 0 spiro atoms. The molecule has 29 heavy (non-hydrogen) atoms. The first-order valence-electron chi connectivity index (χ1n) is 9.71. The highest BCUT2D eigenvalue weighted by Crippen LogP contribution is 2.30. The molecule has 0 radical (unpaired) electrons. The summed E-state index contributed by atoms with van der Waals surface area (Å²) in [6.07, 6.45) is 7.80. The molecule has 4 rings (SSSR count). The van der Waals surface area contributed by atoms with Crippen LogP contribution in [-0.4, -0.2) is 36.8 Å². The number of rotatable bonds is 7. The van der Waals surface area contributed by atoms with E-state index in [9.17, 15) is 8.42 Å². The van der Waals surface area contributed by atoms with Crippen LogP contribution in [0.2, 0.25) is 0 Å². The minimum absolute atomic E-state index is 0.221. The van der Waals surface area contributed by atoms with Gasteiger partial charge in [0.1, 0.15) is 5.75 Å². The maximum absolute atomic E-state index is 12.5. The van der Waals surface area contributed by atoms with Gasteiger partial charge in [-0.25, -0.2) is 13.1 Å². The lowest BCUT2D eigenvalue weighted by Crippen LogP contribution is -2.28. The molecule has 2 heterocycles. The summed E-state index contributed by atoms with van der Waals surface area (Å²) >= 11 is 0. The van der Waals surface area contributed by atoms with Crippen molar-refractivity contribution in [3.05, 3.63) is 60.0 Å². The lowest BCUT2D eigenvalue weighted by atomic mass is 9.94. The Kier molecular flexibility index (Phi) is 5.64. The van der Waals surface area contributed by atoms with E-state index >= 15 is 0 Å². The number of sulfonamides is 1. The van der Waals surface area contributed by atoms with Gasteiger partial charge in [-0.3, -0.25) is 9.67 Å². The Balaban J connectivity index is 1.50. The van der Waals surface area contributed by atoms with Gasteiger partial charge in [-0.05, 0) is 62.1 Å². The first-order valence-corrected chi connectivity index (χ1v) is 11.2. The standard InChI is InChI=1S/C21H24N4O3S/c1-28-17-6-8-18(9-7-17)29(26,27)23-14-15-25-20-5-3-2-4-19(20)21(24-25)16-10-12-22-13-11-16/h6-13,23H,2-5,14-15H2,1H3. The minimum atomic E-state index is -3.58. The van der Waals surface area contributed by atoms with Crippen LogP contribution < -0.4 is 9.46 Å². The van der Waals surface area contributed by atoms with Crippen LogP contribution in [0, 0.1) is 0 Å². The van der Waals surface area contributed by atoms with Crippen LogP contribution in [-0.2, 0) is 29.4 Å². The number of ether oxygens (including phenoxy) is 1. The smallest absolute Gasteiger partial charge is 0.240 e. The summed E-state index contributed by atoms with van der Waals surface area (Å²) in [5.41, 5.74) is 4.53. The molecule has 1 aromatic carbocycles. The quantitative estimate of drug-likeness (QED) is 0.645. The molecule has 0 saturated carbocycles. The second kappa shape index (κ2) is 8.34. The first-order chi connectivity index (χ1) is 14.1. The van der Waals surface area contributed by atoms with E-state index in [2.05, 4.69) is 9.71 Å². The van der Waals surface area contributed by atoms with Gasteiger partial charge in [-0.15, -0.1) is 0 Å². The molecule has 7 nitrogen and oxygen atoms in total. The van der Waals surface area contributed by atoms with Gasteiger partial charge in [-0.1, -0.05) is 0 Å². The van der Waals surface area contributed by atoms with Crippen LogP contribution in [0.4, 0.5) is 0 Å². The SMILES string of the molecule is COc1ccc(S(=O)(=O)NCCn2nc(-c3ccncc3)c3c2CCCC3)cc1. The summed E-state index contributed by atoms with van der Waals surface area (Å²) in [6.45, 7) is 0.765. The predicted octanol–water partition coefficient (Wildman–Crippen LogP) is 2.81. The number of nitrogens with zero attached hydrogens (tertiary/aromatic N) is 3. The summed E-state index contributed by atoms with van der Waals surface area (Å²) in [5, 5.41) is 4.81. The zero-order chi connectivity index (χ0) is 20.3. The summed E-state index contributed by atoms with van der Waals surface area (Å²) in [5.74, 6) is 0.621. The molecule has 1 aliphatic rings. The zero-order valence-electron chi connectivity index (χ0n) is 16.3. The number of fused-ring (bicyclic) bond motifs is 1. The van der Waals surface area contributed by atoms with E-state index in [-0.39, 0.29) is 11.4 Å². The van der Waals surface area contributed by atoms with E-state index in [0.29, 0.717) is 12.3 Å². The number of hydrogen-bond donors (Lipinski definition) is 1. The highest BCUT2D eigenvalue weighted by molar-refractivity contribution is 7.89. The number of hydrogen-bond acceptors (Lipinski definition) is 5. The maximum Gasteiger partial charge on any atom is 0.240 e. The molecule has 0 atom stereocenters. The van der Waals surface area contributed by atoms with Crippen LogP contribution in [0.3, 0.4) is 0 Å². The Morgan fingerprint density at radius 2 is 1.79 bits per heavy atom. The Labute approximate surface area is 170 Å². The van der Waals surface area contributed by atoms with Crippen LogP contribution in [0.5, 0.6) is 5.75 Å². The fourth-order valence-corrected chi connectivity index (χ4v) is 4.74. The van der Waals surface area contributed by atoms with E-state index in [1.54, 1.807) is 43.8 Å². The highest BCUT2D eigenvalue weighted by Gasteiger charge is 2.22. The molecule has 0 unspecified atom stereocenters. The van der Waals surface area contributed by atoms with Gasteiger partial charge in [-0.2, -0.15) is 5.10 Å². The normalized spacial score (nSPS) is 13.8. The minimum Gasteiger partial charge on any atom is -0.497 e. The topological polar surface area (TPSA) is 86.1 Å². The van der Waals surface area contributed by atoms with Gasteiger partial charge in [0, 0.05) is 35.8 Å². The predicted molar refractivity (Wildman–Crippen MR) is 110 cm³/mol. The van der Waals surface area contributed by atoms with Crippen molar-refractivity contribution < 1.29 is 13.2 Å². The number of nitrogens with one attached hydrogen (secondary N) is 1. The van der Waals surface area contributed by atoms with E-state index in [0.717, 1.165) is 36.9 Å². The van der Waals surface area contributed by atoms with E-state index in [1.165, 1.54) is 11.3 Å². The molecule has 3 aromatic rings. The molecule has 1 N–H and O–H groups in total. The van der Waals surface area contributed by atoms with Gasteiger partial charge < -0.3 is 4.74 Å². The highest BCUT2D eigenvalue weighted by atomic mass is 32.2. The van der Waals surface area contributed by atoms with Crippen molar-refractivity contribution >= 4 is 10.0 Å². The average Bonchev–Trinajstić information content (AvgIpc) is 3.13. The molecule has 0 aliphatic heterocycles. The summed E-state index contributed by atoms with van der Waals surface area (Å²) in [4.78, 5) is 4.31. The van der Waals surface area contributed by atoms with Crippen molar-refractivity contribution in [2.24, 2.45) is 0 Å². The Bertz CT molecular complexity index is 1080. The van der Waals surface area contributed by atoms with Crippen molar-refractivity contribution in [2.45, 2.75) is 37.1 Å². The van der Waals surface area contributed by atoms with Crippen molar-refractivity contribution in [1.82, 2.24) is 19.5 Å². The second-order valence-electron chi connectivity index (χ2n) is 7.01. The van der Waals surface area contributed by atoms with Gasteiger partial charge in [0.15, 0.2) is 0 Å². The summed E-state index contributed by atoms with van der Waals surface area (Å²) in [6, 6.07) is 10.3. The van der Waals surface area contributed by atoms with E-state index in [4.69, 9.17) is 9.84 Å². The lowest BCUT2D eigenvalue weighted by molar-refractivity contribution is 0.414. The Morgan fingerprint density at radius 3 is 2.52 bits per heavy atom. The Morgan fingerprint density at radius 1 is 1.07 bits per heavy atom. The van der Waals surface area contributed by atoms with Gasteiger partial charge in [0.05, 0.1) is 24.2 Å². The first kappa shape index (κ1) is 19.6. The molecule has 152 valence electrons. The molecular weight excluding hydrogens is 388 g/mol. The third-order valence-electron chi connectivity index (χ3n) is 5.20. The van der Waals surface area contributed by atoms with Crippen LogP contribution in [0.1, 0.15) is 24.1 Å². The van der Waals surface area contributed by atoms with Gasteiger partial charge in [0.2, 0.25) is 10.0 Å². The number of aromatic nitrogens is 3. The van der Waals surface area contributed by atoms with Crippen LogP contribution >= 0.6 is 0 Å². The second-order valence-corrected chi connectivity index (χ2v) is 8.78. The third kappa shape index (κ3) is 4.18. The third-order valence-corrected chi connectivity index (χ3v) is 6.67. The number of pyridine rings is 1. The summed E-state index contributed by atoms with van der Waals surface area (Å²) in [7, 11) is -2.03. The van der Waals surface area contributed by atoms with Crippen molar-refractivity contribution in [3.63, 3.8) is 0 Å². The summed E-state index contributed by atoms with van der Waals surface area (Å²) < 4.78 is 34.8. The monoisotopic (exact) mass is 412 g/mol. The van der Waals surface area contributed by atoms with Crippen molar-refractivity contribution in [2.75, 3.05) is 13.7 Å². The van der Waals surface area contributed by atoms with Crippen LogP contribution in [0.25, 0.3) is 11.3 Å². The molecule has 0 fully saturated rings. The lowest BCUT2D eigenvalue weighted by Gasteiger charge is -2.14.